The smallest absolute Gasteiger partial charge is 0.0555 e. The first-order valence-electron chi connectivity index (χ1n) is 3.57. The van der Waals surface area contributed by atoms with Crippen molar-refractivity contribution in [3.63, 3.8) is 0 Å². The quantitative estimate of drug-likeness (QED) is 0.363. The fourth-order valence-corrected chi connectivity index (χ4v) is 0.489. The summed E-state index contributed by atoms with van der Waals surface area (Å²) in [6, 6.07) is 0. The van der Waals surface area contributed by atoms with E-state index in [-0.39, 0.29) is 0 Å². The first-order chi connectivity index (χ1) is 5.35. The lowest BCUT2D eigenvalue weighted by atomic mass is 10.4. The van der Waals surface area contributed by atoms with Crippen LogP contribution in [0.5, 0.6) is 0 Å². The van der Waals surface area contributed by atoms with Crippen LogP contribution < -0.4 is 5.43 Å². The molecule has 0 unspecified atom stereocenters. The molecule has 0 aromatic rings. The molecule has 0 atom stereocenters. The highest BCUT2D eigenvalue weighted by Crippen LogP contribution is 1.89. The molecule has 0 amide bonds. The zero-order valence-corrected chi connectivity index (χ0v) is 6.88. The summed E-state index contributed by atoms with van der Waals surface area (Å²) in [4.78, 5) is 0. The number of nitrogens with one attached hydrogen (secondary N) is 1. The second-order valence-electron chi connectivity index (χ2n) is 1.89. The summed E-state index contributed by atoms with van der Waals surface area (Å²) in [5, 5.41) is 3.92. The van der Waals surface area contributed by atoms with Crippen molar-refractivity contribution in [2.75, 3.05) is 0 Å². The Morgan fingerprint density at radius 1 is 1.55 bits per heavy atom. The standard InChI is InChI=1S/C9H14N2/c1-4-7-9(6-3)11-10-8-5-2/h4,6-8,11H,1,3,5H2,2H3/b9-7+,10-8+. The third-order valence-electron chi connectivity index (χ3n) is 0.985. The number of rotatable bonds is 5. The van der Waals surface area contributed by atoms with E-state index in [0.717, 1.165) is 12.1 Å². The number of hydrazone groups is 1. The molecule has 0 spiro atoms. The molecule has 0 bridgehead atoms. The van der Waals surface area contributed by atoms with Crippen molar-refractivity contribution in [1.82, 2.24) is 5.43 Å². The summed E-state index contributed by atoms with van der Waals surface area (Å²) in [6.45, 7) is 9.19. The maximum Gasteiger partial charge on any atom is 0.0555 e. The fraction of sp³-hybridized carbons (Fsp3) is 0.222. The lowest BCUT2D eigenvalue weighted by molar-refractivity contribution is 0.918. The van der Waals surface area contributed by atoms with Crippen molar-refractivity contribution in [1.29, 1.82) is 0 Å². The minimum Gasteiger partial charge on any atom is -0.279 e. The Morgan fingerprint density at radius 2 is 2.27 bits per heavy atom. The van der Waals surface area contributed by atoms with Gasteiger partial charge in [-0.3, -0.25) is 5.43 Å². The van der Waals surface area contributed by atoms with Crippen molar-refractivity contribution < 1.29 is 0 Å². The van der Waals surface area contributed by atoms with E-state index in [9.17, 15) is 0 Å². The molecule has 0 saturated carbocycles. The van der Waals surface area contributed by atoms with Gasteiger partial charge in [0.15, 0.2) is 0 Å². The first-order valence-corrected chi connectivity index (χ1v) is 3.57. The molecule has 0 fully saturated rings. The van der Waals surface area contributed by atoms with Gasteiger partial charge in [0.25, 0.3) is 0 Å². The molecule has 0 aliphatic carbocycles. The van der Waals surface area contributed by atoms with Gasteiger partial charge >= 0.3 is 0 Å². The van der Waals surface area contributed by atoms with Crippen molar-refractivity contribution in [2.24, 2.45) is 5.10 Å². The van der Waals surface area contributed by atoms with Crippen LogP contribution in [-0.4, -0.2) is 6.21 Å². The molecule has 0 rings (SSSR count). The number of hydrogen-bond acceptors (Lipinski definition) is 2. The molecular formula is C9H14N2. The molecule has 11 heavy (non-hydrogen) atoms. The maximum atomic E-state index is 3.92. The minimum absolute atomic E-state index is 0.852. The third kappa shape index (κ3) is 5.15. The zero-order valence-electron chi connectivity index (χ0n) is 6.88. The van der Waals surface area contributed by atoms with Gasteiger partial charge in [0.05, 0.1) is 5.70 Å². The van der Waals surface area contributed by atoms with E-state index in [1.165, 1.54) is 0 Å². The predicted octanol–water partition coefficient (Wildman–Crippen LogP) is 2.23. The van der Waals surface area contributed by atoms with Crippen molar-refractivity contribution in [3.05, 3.63) is 37.1 Å². The second kappa shape index (κ2) is 6.81. The molecule has 0 aliphatic rings. The van der Waals surface area contributed by atoms with Gasteiger partial charge in [-0.2, -0.15) is 5.10 Å². The molecular weight excluding hydrogens is 136 g/mol. The van der Waals surface area contributed by atoms with E-state index in [1.807, 2.05) is 6.92 Å². The Hall–Kier alpha value is -1.31. The average molecular weight is 150 g/mol. The fourth-order valence-electron chi connectivity index (χ4n) is 0.489. The second-order valence-corrected chi connectivity index (χ2v) is 1.89. The van der Waals surface area contributed by atoms with Crippen molar-refractivity contribution >= 4 is 6.21 Å². The third-order valence-corrected chi connectivity index (χ3v) is 0.985. The highest BCUT2D eigenvalue weighted by atomic mass is 15.3. The number of nitrogens with zero attached hydrogens (tertiary/aromatic N) is 1. The average Bonchev–Trinajstić information content (AvgIpc) is 2.03. The summed E-state index contributed by atoms with van der Waals surface area (Å²) in [5.41, 5.74) is 3.66. The summed E-state index contributed by atoms with van der Waals surface area (Å²) in [5.74, 6) is 0. The van der Waals surface area contributed by atoms with E-state index in [0.29, 0.717) is 0 Å². The highest BCUT2D eigenvalue weighted by molar-refractivity contribution is 5.56. The van der Waals surface area contributed by atoms with Crippen LogP contribution in [0.15, 0.2) is 42.2 Å². The number of hydrogen-bond donors (Lipinski definition) is 1. The van der Waals surface area contributed by atoms with Gasteiger partial charge in [0, 0.05) is 6.21 Å². The van der Waals surface area contributed by atoms with Gasteiger partial charge < -0.3 is 0 Å². The molecule has 0 radical (unpaired) electrons. The Morgan fingerprint density at radius 3 is 2.73 bits per heavy atom. The minimum atomic E-state index is 0.852. The molecule has 0 aromatic carbocycles. The summed E-state index contributed by atoms with van der Waals surface area (Å²) >= 11 is 0. The normalized spacial score (nSPS) is 11.5. The molecule has 0 aliphatic heterocycles. The highest BCUT2D eigenvalue weighted by Gasteiger charge is 1.81. The Bertz CT molecular complexity index is 178. The molecule has 0 saturated heterocycles. The Balaban J connectivity index is 3.88. The molecule has 2 heteroatoms. The van der Waals surface area contributed by atoms with E-state index in [2.05, 4.69) is 23.7 Å². The van der Waals surface area contributed by atoms with Gasteiger partial charge in [0.1, 0.15) is 0 Å². The largest absolute Gasteiger partial charge is 0.279 e. The van der Waals surface area contributed by atoms with Crippen LogP contribution in [0.3, 0.4) is 0 Å². The van der Waals surface area contributed by atoms with E-state index < -0.39 is 0 Å². The summed E-state index contributed by atoms with van der Waals surface area (Å²) < 4.78 is 0. The van der Waals surface area contributed by atoms with Crippen LogP contribution in [0.25, 0.3) is 0 Å². The SMILES string of the molecule is C=C/C=C(\C=C)N/N=C/CC. The van der Waals surface area contributed by atoms with Gasteiger partial charge in [0.2, 0.25) is 0 Å². The van der Waals surface area contributed by atoms with Crippen LogP contribution in [0.1, 0.15) is 13.3 Å². The topological polar surface area (TPSA) is 24.4 Å². The van der Waals surface area contributed by atoms with Crippen LogP contribution in [0.2, 0.25) is 0 Å². The summed E-state index contributed by atoms with van der Waals surface area (Å²) in [7, 11) is 0. The van der Waals surface area contributed by atoms with Gasteiger partial charge in [-0.1, -0.05) is 26.2 Å². The van der Waals surface area contributed by atoms with Crippen LogP contribution in [-0.2, 0) is 0 Å². The monoisotopic (exact) mass is 150 g/mol. The molecule has 1 N–H and O–H groups in total. The van der Waals surface area contributed by atoms with Crippen molar-refractivity contribution in [2.45, 2.75) is 13.3 Å². The van der Waals surface area contributed by atoms with Gasteiger partial charge in [-0.25, -0.2) is 0 Å². The molecule has 2 nitrogen and oxygen atoms in total. The lowest BCUT2D eigenvalue weighted by Gasteiger charge is -1.96. The molecule has 0 aromatic heterocycles. The van der Waals surface area contributed by atoms with Crippen molar-refractivity contribution in [3.8, 4) is 0 Å². The first kappa shape index (κ1) is 9.69. The van der Waals surface area contributed by atoms with E-state index >= 15 is 0 Å². The molecule has 0 heterocycles. The van der Waals surface area contributed by atoms with Crippen LogP contribution >= 0.6 is 0 Å². The summed E-state index contributed by atoms with van der Waals surface area (Å²) in [6.07, 6.45) is 7.89. The lowest BCUT2D eigenvalue weighted by Crippen LogP contribution is -2.01. The zero-order chi connectivity index (χ0) is 8.53. The van der Waals surface area contributed by atoms with Gasteiger partial charge in [-0.15, -0.1) is 0 Å². The maximum absolute atomic E-state index is 3.92. The predicted molar refractivity (Wildman–Crippen MR) is 50.4 cm³/mol. The van der Waals surface area contributed by atoms with Gasteiger partial charge in [-0.05, 0) is 18.6 Å². The van der Waals surface area contributed by atoms with Crippen LogP contribution in [0, 0.1) is 0 Å². The Kier molecular flexibility index (Phi) is 5.99. The van der Waals surface area contributed by atoms with E-state index in [1.54, 1.807) is 24.4 Å². The van der Waals surface area contributed by atoms with Crippen LogP contribution in [0.4, 0.5) is 0 Å². The molecule has 60 valence electrons. The number of allylic oxidation sites excluding steroid dienone is 3. The van der Waals surface area contributed by atoms with E-state index in [4.69, 9.17) is 0 Å². The Labute approximate surface area is 68.0 Å².